The topological polar surface area (TPSA) is 91.2 Å². The predicted molar refractivity (Wildman–Crippen MR) is 197 cm³/mol. The van der Waals surface area contributed by atoms with Crippen LogP contribution in [0.1, 0.15) is 103 Å². The molecule has 0 aromatic heterocycles. The van der Waals surface area contributed by atoms with Crippen LogP contribution < -0.4 is 15.4 Å². The van der Waals surface area contributed by atoms with Crippen LogP contribution in [0.3, 0.4) is 0 Å². The third kappa shape index (κ3) is 18.6. The third-order valence-electron chi connectivity index (χ3n) is 6.26. The minimum Gasteiger partial charge on any atom is -0.495 e. The van der Waals surface area contributed by atoms with Crippen LogP contribution in [-0.2, 0) is 4.79 Å². The van der Waals surface area contributed by atoms with Gasteiger partial charge in [-0.25, -0.2) is 8.78 Å². The van der Waals surface area contributed by atoms with Crippen molar-refractivity contribution < 1.29 is 23.1 Å². The Bertz CT molecular complexity index is 1370. The summed E-state index contributed by atoms with van der Waals surface area (Å²) in [7, 11) is 1.48. The van der Waals surface area contributed by atoms with Gasteiger partial charge < -0.3 is 15.4 Å². The van der Waals surface area contributed by atoms with Crippen molar-refractivity contribution in [2.75, 3.05) is 19.0 Å². The lowest BCUT2D eigenvalue weighted by molar-refractivity contribution is -0.105. The minimum absolute atomic E-state index is 0.0884. The van der Waals surface area contributed by atoms with E-state index in [1.54, 1.807) is 42.5 Å². The second-order valence-corrected chi connectivity index (χ2v) is 12.0. The zero-order chi connectivity index (χ0) is 37.3. The molecule has 10 heteroatoms. The maximum atomic E-state index is 14.0. The number of rotatable bonds is 10. The third-order valence-corrected chi connectivity index (χ3v) is 6.86. The van der Waals surface area contributed by atoms with E-state index in [1.807, 2.05) is 34.6 Å². The number of carbonyl (C=O) groups is 2. The number of carbonyl (C=O) groups excluding carboxylic acids is 2. The zero-order valence-electron chi connectivity index (χ0n) is 30.0. The molecule has 3 aromatic rings. The summed E-state index contributed by atoms with van der Waals surface area (Å²) in [4.78, 5) is 21.8. The lowest BCUT2D eigenvalue weighted by Gasteiger charge is -2.23. The van der Waals surface area contributed by atoms with Crippen LogP contribution in [0.5, 0.6) is 5.75 Å². The van der Waals surface area contributed by atoms with Gasteiger partial charge in [0.15, 0.2) is 0 Å². The molecule has 0 aliphatic carbocycles. The number of nitrogens with one attached hydrogen (secondary N) is 2. The molecule has 266 valence electrons. The van der Waals surface area contributed by atoms with Crippen molar-refractivity contribution in [2.24, 2.45) is 11.3 Å². The van der Waals surface area contributed by atoms with Gasteiger partial charge in [0, 0.05) is 17.7 Å². The van der Waals surface area contributed by atoms with Gasteiger partial charge >= 0.3 is 0 Å². The molecular weight excluding hydrogens is 655 g/mol. The molecule has 0 heterocycles. The fourth-order valence-electron chi connectivity index (χ4n) is 4.39. The Morgan fingerprint density at radius 1 is 0.979 bits per heavy atom. The first kappa shape index (κ1) is 46.4. The first-order valence-electron chi connectivity index (χ1n) is 16.2. The summed E-state index contributed by atoms with van der Waals surface area (Å²) in [6.45, 7) is 19.2. The van der Waals surface area contributed by atoms with Gasteiger partial charge in [-0.3, -0.25) is 9.59 Å². The van der Waals surface area contributed by atoms with Gasteiger partial charge in [0.25, 0.3) is 5.91 Å². The molecule has 6 nitrogen and oxygen atoms in total. The molecule has 0 saturated carbocycles. The predicted octanol–water partition coefficient (Wildman–Crippen LogP) is 11.5. The van der Waals surface area contributed by atoms with E-state index < -0.39 is 11.7 Å². The van der Waals surface area contributed by atoms with E-state index in [1.165, 1.54) is 25.3 Å². The van der Waals surface area contributed by atoms with Crippen molar-refractivity contribution in [2.45, 2.75) is 87.5 Å². The smallest absolute Gasteiger partial charge is 0.251 e. The molecule has 0 fully saturated rings. The zero-order valence-corrected chi connectivity index (χ0v) is 31.5. The van der Waals surface area contributed by atoms with E-state index in [4.69, 9.17) is 27.9 Å². The first-order valence-corrected chi connectivity index (χ1v) is 16.9. The SMILES string of the molecule is CC.CC.CC(CCC(C#N)c1cccc(Cl)c1F)CC(C)(C)C.CCNC(=O)c1ccc(NC=O)c(OC)c1.Fc1ccccc1Cl. The van der Waals surface area contributed by atoms with Crippen LogP contribution in [0.2, 0.25) is 10.0 Å². The first-order chi connectivity index (χ1) is 22.8. The average Bonchev–Trinajstić information content (AvgIpc) is 3.06. The van der Waals surface area contributed by atoms with Gasteiger partial charge in [-0.15, -0.1) is 0 Å². The summed E-state index contributed by atoms with van der Waals surface area (Å²) in [5, 5.41) is 14.7. The molecule has 0 bridgehead atoms. The van der Waals surface area contributed by atoms with E-state index in [-0.39, 0.29) is 27.2 Å². The molecule has 0 saturated heterocycles. The average molecular weight is 709 g/mol. The highest BCUT2D eigenvalue weighted by Crippen LogP contribution is 2.32. The van der Waals surface area contributed by atoms with E-state index in [0.29, 0.717) is 47.9 Å². The molecule has 0 radical (unpaired) electrons. The molecule has 3 rings (SSSR count). The maximum absolute atomic E-state index is 14.0. The van der Waals surface area contributed by atoms with Gasteiger partial charge in [0.1, 0.15) is 17.4 Å². The quantitative estimate of drug-likeness (QED) is 0.205. The summed E-state index contributed by atoms with van der Waals surface area (Å²) in [5.41, 5.74) is 1.73. The highest BCUT2D eigenvalue weighted by molar-refractivity contribution is 6.31. The highest BCUT2D eigenvalue weighted by Gasteiger charge is 2.20. The number of hydrogen-bond acceptors (Lipinski definition) is 4. The van der Waals surface area contributed by atoms with E-state index in [2.05, 4.69) is 44.4 Å². The summed E-state index contributed by atoms with van der Waals surface area (Å²) >= 11 is 11.1. The monoisotopic (exact) mass is 707 g/mol. The molecular formula is C38H53Cl2F2N3O3. The van der Waals surface area contributed by atoms with Gasteiger partial charge in [0.05, 0.1) is 34.8 Å². The molecule has 2 unspecified atom stereocenters. The largest absolute Gasteiger partial charge is 0.495 e. The molecule has 0 aliphatic heterocycles. The van der Waals surface area contributed by atoms with Crippen LogP contribution in [-0.4, -0.2) is 26.0 Å². The van der Waals surface area contributed by atoms with E-state index >= 15 is 0 Å². The Hall–Kier alpha value is -3.67. The number of nitriles is 1. The van der Waals surface area contributed by atoms with Crippen molar-refractivity contribution in [3.05, 3.63) is 93.5 Å². The standard InChI is InChI=1S/C17H23ClFN.C11H14N2O3.C6H4ClF.2C2H6/c1-12(10-17(2,3)4)8-9-13(11-20)14-6-5-7-15(18)16(14)19;1-3-12-11(15)8-4-5-9(13-7-14)10(6-8)16-2;7-5-3-1-2-4-6(5)8;2*1-2/h5-7,12-13H,8-10H2,1-4H3;4-7H,3H2,1-2H3,(H,12,15)(H,13,14);1-4H;2*1-2H3. The Balaban J connectivity index is 0. The number of methoxy groups -OCH3 is 1. The van der Waals surface area contributed by atoms with Gasteiger partial charge in [0.2, 0.25) is 6.41 Å². The Morgan fingerprint density at radius 3 is 2.06 bits per heavy atom. The lowest BCUT2D eigenvalue weighted by Crippen LogP contribution is -2.22. The van der Waals surface area contributed by atoms with E-state index in [0.717, 1.165) is 12.8 Å². The summed E-state index contributed by atoms with van der Waals surface area (Å²) in [6.07, 6.45) is 3.25. The Labute approximate surface area is 297 Å². The Morgan fingerprint density at radius 2 is 1.58 bits per heavy atom. The van der Waals surface area contributed by atoms with Crippen molar-refractivity contribution in [3.63, 3.8) is 0 Å². The Kier molecular flexibility index (Phi) is 25.5. The van der Waals surface area contributed by atoms with Crippen molar-refractivity contribution in [1.29, 1.82) is 5.26 Å². The molecule has 48 heavy (non-hydrogen) atoms. The number of anilines is 1. The molecule has 2 atom stereocenters. The lowest BCUT2D eigenvalue weighted by atomic mass is 9.82. The molecule has 2 N–H and O–H groups in total. The number of hydrogen-bond donors (Lipinski definition) is 2. The van der Waals surface area contributed by atoms with Gasteiger partial charge in [-0.05, 0) is 73.9 Å². The fourth-order valence-corrected chi connectivity index (χ4v) is 4.71. The summed E-state index contributed by atoms with van der Waals surface area (Å²) < 4.78 is 31.2. The molecule has 0 spiro atoms. The summed E-state index contributed by atoms with van der Waals surface area (Å²) in [5.74, 6) is -0.433. The van der Waals surface area contributed by atoms with Crippen molar-refractivity contribution in [1.82, 2.24) is 5.32 Å². The number of nitrogens with zero attached hydrogens (tertiary/aromatic N) is 1. The molecule has 3 aromatic carbocycles. The normalized spacial score (nSPS) is 11.0. The van der Waals surface area contributed by atoms with Crippen LogP contribution in [0.15, 0.2) is 60.7 Å². The number of amides is 2. The van der Waals surface area contributed by atoms with Gasteiger partial charge in [-0.1, -0.05) is 103 Å². The molecule has 0 aliphatic rings. The number of halogens is 4. The highest BCUT2D eigenvalue weighted by atomic mass is 35.5. The second-order valence-electron chi connectivity index (χ2n) is 11.2. The van der Waals surface area contributed by atoms with Crippen LogP contribution in [0.4, 0.5) is 14.5 Å². The maximum Gasteiger partial charge on any atom is 0.251 e. The number of benzene rings is 3. The van der Waals surface area contributed by atoms with Crippen LogP contribution in [0, 0.1) is 34.3 Å². The van der Waals surface area contributed by atoms with Crippen molar-refractivity contribution >= 4 is 41.2 Å². The van der Waals surface area contributed by atoms with Gasteiger partial charge in [-0.2, -0.15) is 5.26 Å². The van der Waals surface area contributed by atoms with Crippen LogP contribution >= 0.6 is 23.2 Å². The fraction of sp³-hybridized carbons (Fsp3) is 0.447. The van der Waals surface area contributed by atoms with Crippen molar-refractivity contribution in [3.8, 4) is 11.8 Å². The van der Waals surface area contributed by atoms with E-state index in [9.17, 15) is 23.6 Å². The minimum atomic E-state index is -0.454. The second kappa shape index (κ2) is 26.3. The number of ether oxygens (including phenoxy) is 1. The van der Waals surface area contributed by atoms with Crippen LogP contribution in [0.25, 0.3) is 0 Å². The molecule has 2 amide bonds. The summed E-state index contributed by atoms with van der Waals surface area (Å²) in [6, 6.07) is 18.0.